The van der Waals surface area contributed by atoms with Gasteiger partial charge in [0.05, 0.1) is 17.5 Å². The molecule has 0 saturated carbocycles. The molecule has 1 amide bonds. The Labute approximate surface area is 171 Å². The van der Waals surface area contributed by atoms with Crippen LogP contribution < -0.4 is 9.62 Å². The van der Waals surface area contributed by atoms with Crippen LogP contribution in [0.5, 0.6) is 0 Å². The molecule has 1 aromatic carbocycles. The first-order valence-electron chi connectivity index (χ1n) is 9.91. The van der Waals surface area contributed by atoms with Gasteiger partial charge in [-0.05, 0) is 30.9 Å². The van der Waals surface area contributed by atoms with Gasteiger partial charge in [-0.15, -0.1) is 0 Å². The number of unbranched alkanes of at least 4 members (excludes halogenated alkanes) is 1. The average molecular weight is 437 g/mol. The lowest BCUT2D eigenvalue weighted by molar-refractivity contribution is -0.137. The molecule has 1 rings (SSSR count). The summed E-state index contributed by atoms with van der Waals surface area (Å²) in [6.45, 7) is 4.53. The predicted molar refractivity (Wildman–Crippen MR) is 109 cm³/mol. The molecule has 166 valence electrons. The molecule has 5 nitrogen and oxygen atoms in total. The van der Waals surface area contributed by atoms with E-state index in [2.05, 4.69) is 19.2 Å². The minimum absolute atomic E-state index is 0.0460. The maximum Gasteiger partial charge on any atom is 0.418 e. The molecular weight excluding hydrogens is 405 g/mol. The molecule has 0 aliphatic rings. The number of hydrogen-bond acceptors (Lipinski definition) is 3. The van der Waals surface area contributed by atoms with Crippen LogP contribution >= 0.6 is 0 Å². The van der Waals surface area contributed by atoms with E-state index in [0.29, 0.717) is 12.5 Å². The number of amides is 1. The number of hydrogen-bond donors (Lipinski definition) is 1. The number of nitrogens with zero attached hydrogens (tertiary/aromatic N) is 1. The molecule has 0 heterocycles. The summed E-state index contributed by atoms with van der Waals surface area (Å²) in [5.41, 5.74) is -1.44. The van der Waals surface area contributed by atoms with Crippen LogP contribution in [-0.4, -0.2) is 33.7 Å². The van der Waals surface area contributed by atoms with Crippen LogP contribution in [0.2, 0.25) is 0 Å². The fourth-order valence-corrected chi connectivity index (χ4v) is 4.05. The highest BCUT2D eigenvalue weighted by Gasteiger charge is 2.36. The lowest BCUT2D eigenvalue weighted by Gasteiger charge is -2.25. The van der Waals surface area contributed by atoms with Crippen molar-refractivity contribution in [3.8, 4) is 0 Å². The summed E-state index contributed by atoms with van der Waals surface area (Å²) < 4.78 is 64.7. The third-order valence-corrected chi connectivity index (χ3v) is 5.95. The van der Waals surface area contributed by atoms with Crippen molar-refractivity contribution in [2.45, 2.75) is 58.5 Å². The fourth-order valence-electron chi connectivity index (χ4n) is 3.07. The van der Waals surface area contributed by atoms with Gasteiger partial charge in [0, 0.05) is 19.5 Å². The lowest BCUT2D eigenvalue weighted by atomic mass is 9.99. The van der Waals surface area contributed by atoms with Crippen LogP contribution in [0, 0.1) is 5.92 Å². The van der Waals surface area contributed by atoms with E-state index in [1.807, 2.05) is 0 Å². The van der Waals surface area contributed by atoms with Gasteiger partial charge in [0.25, 0.3) is 0 Å². The van der Waals surface area contributed by atoms with Gasteiger partial charge in [-0.1, -0.05) is 45.2 Å². The molecule has 0 radical (unpaired) electrons. The highest BCUT2D eigenvalue weighted by Crippen LogP contribution is 2.37. The normalized spacial score (nSPS) is 13.2. The molecule has 0 aromatic heterocycles. The third kappa shape index (κ3) is 8.64. The van der Waals surface area contributed by atoms with Crippen molar-refractivity contribution in [3.05, 3.63) is 29.8 Å². The molecule has 29 heavy (non-hydrogen) atoms. The zero-order valence-electron chi connectivity index (χ0n) is 17.3. The van der Waals surface area contributed by atoms with Crippen LogP contribution in [0.1, 0.15) is 57.9 Å². The zero-order chi connectivity index (χ0) is 22.1. The Hall–Kier alpha value is -1.77. The molecule has 0 fully saturated rings. The predicted octanol–water partition coefficient (Wildman–Crippen LogP) is 4.58. The van der Waals surface area contributed by atoms with Crippen molar-refractivity contribution in [2.75, 3.05) is 23.7 Å². The second kappa shape index (κ2) is 11.4. The first kappa shape index (κ1) is 25.3. The van der Waals surface area contributed by atoms with E-state index in [9.17, 15) is 26.4 Å². The molecule has 0 bridgehead atoms. The number of sulfonamides is 1. The van der Waals surface area contributed by atoms with Crippen molar-refractivity contribution in [1.82, 2.24) is 5.32 Å². The number of para-hydroxylation sites is 1. The number of halogens is 3. The Bertz CT molecular complexity index is 752. The minimum Gasteiger partial charge on any atom is -0.356 e. The van der Waals surface area contributed by atoms with E-state index in [0.717, 1.165) is 48.4 Å². The Morgan fingerprint density at radius 1 is 1.17 bits per heavy atom. The van der Waals surface area contributed by atoms with E-state index < -0.39 is 27.5 Å². The van der Waals surface area contributed by atoms with E-state index in [4.69, 9.17) is 0 Å². The van der Waals surface area contributed by atoms with Gasteiger partial charge in [-0.25, -0.2) is 8.42 Å². The fraction of sp³-hybridized carbons (Fsp3) is 0.650. The van der Waals surface area contributed by atoms with Crippen LogP contribution in [-0.2, 0) is 21.0 Å². The van der Waals surface area contributed by atoms with Gasteiger partial charge in [0.1, 0.15) is 0 Å². The second-order valence-corrected chi connectivity index (χ2v) is 9.08. The third-order valence-electron chi connectivity index (χ3n) is 4.77. The number of nitrogens with one attached hydrogen (secondary N) is 1. The summed E-state index contributed by atoms with van der Waals surface area (Å²) in [5.74, 6) is 0.169. The molecule has 0 unspecified atom stereocenters. The average Bonchev–Trinajstić information content (AvgIpc) is 2.63. The van der Waals surface area contributed by atoms with E-state index in [1.165, 1.54) is 12.1 Å². The Morgan fingerprint density at radius 2 is 1.83 bits per heavy atom. The Balaban J connectivity index is 2.73. The van der Waals surface area contributed by atoms with Gasteiger partial charge in [-0.2, -0.15) is 13.2 Å². The highest BCUT2D eigenvalue weighted by molar-refractivity contribution is 7.92. The topological polar surface area (TPSA) is 66.5 Å². The zero-order valence-corrected chi connectivity index (χ0v) is 18.1. The van der Waals surface area contributed by atoms with Gasteiger partial charge in [0.2, 0.25) is 15.9 Å². The Morgan fingerprint density at radius 3 is 2.38 bits per heavy atom. The van der Waals surface area contributed by atoms with Crippen molar-refractivity contribution in [1.29, 1.82) is 0 Å². The van der Waals surface area contributed by atoms with Crippen LogP contribution in [0.4, 0.5) is 18.9 Å². The molecule has 0 spiro atoms. The first-order valence-corrected chi connectivity index (χ1v) is 11.8. The number of alkyl halides is 3. The maximum absolute atomic E-state index is 13.3. The van der Waals surface area contributed by atoms with Crippen molar-refractivity contribution in [2.24, 2.45) is 5.92 Å². The minimum atomic E-state index is -4.68. The molecule has 1 N–H and O–H groups in total. The molecule has 1 atom stereocenters. The number of carbonyl (C=O) groups excluding carboxylic acids is 1. The summed E-state index contributed by atoms with van der Waals surface area (Å²) in [4.78, 5) is 12.1. The van der Waals surface area contributed by atoms with Gasteiger partial charge in [0.15, 0.2) is 0 Å². The van der Waals surface area contributed by atoms with Crippen LogP contribution in [0.3, 0.4) is 0 Å². The van der Waals surface area contributed by atoms with Crippen molar-refractivity contribution < 1.29 is 26.4 Å². The number of carbonyl (C=O) groups is 1. The smallest absolute Gasteiger partial charge is 0.356 e. The summed E-state index contributed by atoms with van der Waals surface area (Å²) >= 11 is 0. The molecule has 0 saturated heterocycles. The second-order valence-electron chi connectivity index (χ2n) is 7.17. The monoisotopic (exact) mass is 436 g/mol. The van der Waals surface area contributed by atoms with E-state index in [1.54, 1.807) is 0 Å². The SMILES string of the molecule is CCCC[C@H](CC)CNC(=O)CCCN(c1ccccc1C(F)(F)F)S(C)(=O)=O. The van der Waals surface area contributed by atoms with Gasteiger partial charge in [-0.3, -0.25) is 9.10 Å². The van der Waals surface area contributed by atoms with E-state index >= 15 is 0 Å². The Kier molecular flexibility index (Phi) is 9.95. The molecule has 0 aliphatic carbocycles. The summed E-state index contributed by atoms with van der Waals surface area (Å²) in [5, 5.41) is 2.84. The molecule has 1 aromatic rings. The van der Waals surface area contributed by atoms with Crippen LogP contribution in [0.15, 0.2) is 24.3 Å². The van der Waals surface area contributed by atoms with Gasteiger partial charge >= 0.3 is 6.18 Å². The largest absolute Gasteiger partial charge is 0.418 e. The van der Waals surface area contributed by atoms with Crippen molar-refractivity contribution in [3.63, 3.8) is 0 Å². The van der Waals surface area contributed by atoms with Gasteiger partial charge < -0.3 is 5.32 Å². The molecule has 0 aliphatic heterocycles. The number of rotatable bonds is 12. The molecular formula is C20H31F3N2O3S. The molecule has 9 heteroatoms. The standard InChI is InChI=1S/C20H31F3N2O3S/c1-4-6-10-16(5-2)15-24-19(26)13-9-14-25(29(3,27)28)18-12-8-7-11-17(18)20(21,22)23/h7-8,11-12,16H,4-6,9-10,13-15H2,1-3H3,(H,24,26)/t16-/m0/s1. The summed E-state index contributed by atoms with van der Waals surface area (Å²) in [6, 6.07) is 4.55. The van der Waals surface area contributed by atoms with Crippen molar-refractivity contribution >= 4 is 21.6 Å². The lowest BCUT2D eigenvalue weighted by Crippen LogP contribution is -2.34. The van der Waals surface area contributed by atoms with Crippen LogP contribution in [0.25, 0.3) is 0 Å². The highest BCUT2D eigenvalue weighted by atomic mass is 32.2. The van der Waals surface area contributed by atoms with E-state index in [-0.39, 0.29) is 25.3 Å². The number of benzene rings is 1. The quantitative estimate of drug-likeness (QED) is 0.521. The summed E-state index contributed by atoms with van der Waals surface area (Å²) in [7, 11) is -3.94. The maximum atomic E-state index is 13.3. The first-order chi connectivity index (χ1) is 13.5. The summed E-state index contributed by atoms with van der Waals surface area (Å²) in [6.07, 6.45) is 0.521. The number of anilines is 1.